The van der Waals surface area contributed by atoms with Crippen LogP contribution in [-0.2, 0) is 20.8 Å². The van der Waals surface area contributed by atoms with Crippen molar-refractivity contribution in [3.05, 3.63) is 47.7 Å². The molecule has 0 aliphatic heterocycles. The van der Waals surface area contributed by atoms with Gasteiger partial charge in [-0.15, -0.1) is 0 Å². The Morgan fingerprint density at radius 3 is 2.38 bits per heavy atom. The largest absolute Gasteiger partial charge is 0.468 e. The molecule has 2 aromatic rings. The predicted octanol–water partition coefficient (Wildman–Crippen LogP) is 4.81. The van der Waals surface area contributed by atoms with Crippen LogP contribution in [0.5, 0.6) is 0 Å². The molecular formula is C23H30N2O4. The van der Waals surface area contributed by atoms with Gasteiger partial charge >= 0.3 is 12.1 Å². The van der Waals surface area contributed by atoms with Crippen molar-refractivity contribution in [1.29, 1.82) is 0 Å². The zero-order chi connectivity index (χ0) is 21.8. The van der Waals surface area contributed by atoms with Crippen molar-refractivity contribution in [2.75, 3.05) is 14.2 Å². The molecule has 1 aromatic carbocycles. The van der Waals surface area contributed by atoms with Crippen LogP contribution in [0.15, 0.2) is 36.4 Å². The third kappa shape index (κ3) is 6.31. The average Bonchev–Trinajstić information content (AvgIpc) is 2.64. The summed E-state index contributed by atoms with van der Waals surface area (Å²) in [6.45, 7) is 9.47. The van der Waals surface area contributed by atoms with Crippen LogP contribution in [0.4, 0.5) is 4.79 Å². The van der Waals surface area contributed by atoms with Crippen molar-refractivity contribution in [3.8, 4) is 0 Å². The van der Waals surface area contributed by atoms with Gasteiger partial charge in [0.25, 0.3) is 0 Å². The first-order valence-electron chi connectivity index (χ1n) is 9.53. The number of carbonyl (C=O) groups excluding carboxylic acids is 2. The number of hydrogen-bond acceptors (Lipinski definition) is 5. The number of methoxy groups -OCH3 is 1. The molecule has 6 nitrogen and oxygen atoms in total. The summed E-state index contributed by atoms with van der Waals surface area (Å²) < 4.78 is 10.2. The number of fused-ring (bicyclic) bond motifs is 1. The highest BCUT2D eigenvalue weighted by Gasteiger charge is 2.25. The maximum atomic E-state index is 12.2. The van der Waals surface area contributed by atoms with Crippen LogP contribution in [0.25, 0.3) is 17.0 Å². The van der Waals surface area contributed by atoms with E-state index < -0.39 is 11.0 Å². The van der Waals surface area contributed by atoms with E-state index in [0.717, 1.165) is 22.2 Å². The van der Waals surface area contributed by atoms with Gasteiger partial charge in [0.1, 0.15) is 5.60 Å². The van der Waals surface area contributed by atoms with Crippen molar-refractivity contribution in [1.82, 2.24) is 9.88 Å². The van der Waals surface area contributed by atoms with Gasteiger partial charge in [0, 0.05) is 12.4 Å². The first-order valence-corrected chi connectivity index (χ1v) is 9.53. The average molecular weight is 399 g/mol. The molecule has 0 aliphatic rings. The minimum atomic E-state index is -0.713. The topological polar surface area (TPSA) is 68.7 Å². The van der Waals surface area contributed by atoms with Crippen molar-refractivity contribution >= 4 is 29.0 Å². The van der Waals surface area contributed by atoms with E-state index in [2.05, 4.69) is 4.98 Å². The molecule has 1 amide bonds. The lowest BCUT2D eigenvalue weighted by Crippen LogP contribution is -2.34. The smallest absolute Gasteiger partial charge is 0.410 e. The number of hydrogen-bond donors (Lipinski definition) is 0. The molecule has 156 valence electrons. The number of amides is 1. The van der Waals surface area contributed by atoms with E-state index in [1.54, 1.807) is 20.9 Å². The number of ether oxygens (including phenoxy) is 2. The van der Waals surface area contributed by atoms with Gasteiger partial charge in [-0.1, -0.05) is 30.4 Å². The summed E-state index contributed by atoms with van der Waals surface area (Å²) in [4.78, 5) is 30.2. The first-order chi connectivity index (χ1) is 13.4. The van der Waals surface area contributed by atoms with Crippen LogP contribution in [0.3, 0.4) is 0 Å². The molecule has 0 atom stereocenters. The lowest BCUT2D eigenvalue weighted by molar-refractivity contribution is -0.148. The van der Waals surface area contributed by atoms with E-state index in [1.807, 2.05) is 63.3 Å². The fourth-order valence-corrected chi connectivity index (χ4v) is 2.65. The van der Waals surface area contributed by atoms with Crippen LogP contribution >= 0.6 is 0 Å². The van der Waals surface area contributed by atoms with Crippen molar-refractivity contribution in [3.63, 3.8) is 0 Å². The van der Waals surface area contributed by atoms with Crippen molar-refractivity contribution in [2.45, 2.75) is 46.8 Å². The molecule has 0 saturated carbocycles. The second-order valence-corrected chi connectivity index (χ2v) is 8.64. The Hall–Kier alpha value is -2.89. The minimum Gasteiger partial charge on any atom is -0.468 e. The molecule has 1 heterocycles. The Morgan fingerprint density at radius 1 is 1.10 bits per heavy atom. The molecule has 0 unspecified atom stereocenters. The molecule has 6 heteroatoms. The number of nitrogens with zero attached hydrogens (tertiary/aromatic N) is 2. The van der Waals surface area contributed by atoms with E-state index in [1.165, 1.54) is 12.0 Å². The van der Waals surface area contributed by atoms with Crippen LogP contribution in [0.1, 0.15) is 45.9 Å². The second kappa shape index (κ2) is 8.64. The number of esters is 1. The molecule has 0 bridgehead atoms. The molecule has 0 aliphatic carbocycles. The van der Waals surface area contributed by atoms with Gasteiger partial charge in [-0.05, 0) is 52.3 Å². The molecule has 0 N–H and O–H groups in total. The summed E-state index contributed by atoms with van der Waals surface area (Å²) in [7, 11) is 3.07. The molecular weight excluding hydrogens is 368 g/mol. The Kier molecular flexibility index (Phi) is 6.67. The van der Waals surface area contributed by atoms with Gasteiger partial charge in [0.05, 0.1) is 30.3 Å². The third-order valence-corrected chi connectivity index (χ3v) is 4.28. The molecule has 0 fully saturated rings. The lowest BCUT2D eigenvalue weighted by Gasteiger charge is -2.24. The number of pyridine rings is 1. The van der Waals surface area contributed by atoms with Gasteiger partial charge in [-0.2, -0.15) is 0 Å². The normalized spacial score (nSPS) is 12.2. The Balaban J connectivity index is 2.20. The number of benzene rings is 1. The molecule has 0 spiro atoms. The first kappa shape index (κ1) is 22.4. The van der Waals surface area contributed by atoms with E-state index in [4.69, 9.17) is 9.47 Å². The minimum absolute atomic E-state index is 0.292. The molecule has 0 saturated heterocycles. The van der Waals surface area contributed by atoms with Gasteiger partial charge in [-0.25, -0.2) is 4.79 Å². The summed E-state index contributed by atoms with van der Waals surface area (Å²) in [5.41, 5.74) is 1.26. The molecule has 2 rings (SSSR count). The van der Waals surface area contributed by atoms with Gasteiger partial charge in [0.2, 0.25) is 0 Å². The van der Waals surface area contributed by atoms with Crippen LogP contribution in [-0.4, -0.2) is 41.7 Å². The fourth-order valence-electron chi connectivity index (χ4n) is 2.65. The lowest BCUT2D eigenvalue weighted by atomic mass is 9.92. The van der Waals surface area contributed by atoms with E-state index in [9.17, 15) is 9.59 Å². The van der Waals surface area contributed by atoms with Crippen LogP contribution in [0, 0.1) is 5.41 Å². The maximum Gasteiger partial charge on any atom is 0.410 e. The fraction of sp³-hybridized carbons (Fsp3) is 0.435. The zero-order valence-electron chi connectivity index (χ0n) is 18.3. The number of carbonyl (C=O) groups is 2. The maximum absolute atomic E-state index is 12.2. The second-order valence-electron chi connectivity index (χ2n) is 8.64. The van der Waals surface area contributed by atoms with Crippen molar-refractivity contribution < 1.29 is 19.1 Å². The standard InChI is InChI=1S/C23H30N2O4/c1-22(2,3)29-21(27)25(6)15-18-11-10-17-9-8-16(14-19(17)24-18)12-13-23(4,5)20(26)28-7/h8-14H,15H2,1-7H3/b13-12+. The van der Waals surface area contributed by atoms with E-state index >= 15 is 0 Å². The summed E-state index contributed by atoms with van der Waals surface area (Å²) in [5, 5.41) is 0.998. The summed E-state index contributed by atoms with van der Waals surface area (Å²) in [6, 6.07) is 9.79. The Bertz CT molecular complexity index is 926. The highest BCUT2D eigenvalue weighted by atomic mass is 16.6. The third-order valence-electron chi connectivity index (χ3n) is 4.28. The summed E-state index contributed by atoms with van der Waals surface area (Å²) in [6.07, 6.45) is 3.32. The van der Waals surface area contributed by atoms with Gasteiger partial charge < -0.3 is 14.4 Å². The number of aromatic nitrogens is 1. The Labute approximate surface area is 172 Å². The highest BCUT2D eigenvalue weighted by molar-refractivity contribution is 5.83. The molecule has 1 aromatic heterocycles. The zero-order valence-corrected chi connectivity index (χ0v) is 18.3. The Morgan fingerprint density at radius 2 is 1.76 bits per heavy atom. The predicted molar refractivity (Wildman–Crippen MR) is 114 cm³/mol. The highest BCUT2D eigenvalue weighted by Crippen LogP contribution is 2.22. The molecule has 0 radical (unpaired) electrons. The number of rotatable bonds is 5. The van der Waals surface area contributed by atoms with Crippen LogP contribution < -0.4 is 0 Å². The van der Waals surface area contributed by atoms with E-state index in [0.29, 0.717) is 6.54 Å². The van der Waals surface area contributed by atoms with Crippen molar-refractivity contribution in [2.24, 2.45) is 5.41 Å². The summed E-state index contributed by atoms with van der Waals surface area (Å²) in [5.74, 6) is -0.292. The monoisotopic (exact) mass is 398 g/mol. The van der Waals surface area contributed by atoms with E-state index in [-0.39, 0.29) is 12.1 Å². The van der Waals surface area contributed by atoms with Gasteiger partial charge in [-0.3, -0.25) is 9.78 Å². The van der Waals surface area contributed by atoms with Gasteiger partial charge in [0.15, 0.2) is 0 Å². The quantitative estimate of drug-likeness (QED) is 0.676. The molecule has 29 heavy (non-hydrogen) atoms. The SMILES string of the molecule is COC(=O)C(C)(C)/C=C/c1ccc2ccc(CN(C)C(=O)OC(C)(C)C)nc2c1. The summed E-state index contributed by atoms with van der Waals surface area (Å²) >= 11 is 0. The van der Waals surface area contributed by atoms with Crippen LogP contribution in [0.2, 0.25) is 0 Å².